The first kappa shape index (κ1) is 18.1. The summed E-state index contributed by atoms with van der Waals surface area (Å²) in [5.41, 5.74) is 0.778. The van der Waals surface area contributed by atoms with Crippen LogP contribution in [0.2, 0.25) is 0 Å². The number of esters is 1. The van der Waals surface area contributed by atoms with Crippen LogP contribution >= 0.6 is 11.8 Å². The third kappa shape index (κ3) is 4.61. The lowest BCUT2D eigenvalue weighted by Crippen LogP contribution is -2.34. The first-order valence-corrected chi connectivity index (χ1v) is 8.50. The SMILES string of the molecule is CCCOc1ccc(/C=C2\SC(=O)N(CC(=O)OCC)C2=O)cc1. The van der Waals surface area contributed by atoms with Crippen LogP contribution in [-0.2, 0) is 14.3 Å². The average molecular weight is 349 g/mol. The highest BCUT2D eigenvalue weighted by Crippen LogP contribution is 2.32. The Kier molecular flexibility index (Phi) is 6.43. The highest BCUT2D eigenvalue weighted by atomic mass is 32.2. The predicted octanol–water partition coefficient (Wildman–Crippen LogP) is 3.07. The van der Waals surface area contributed by atoms with Crippen molar-refractivity contribution in [3.05, 3.63) is 34.7 Å². The third-order valence-electron chi connectivity index (χ3n) is 3.12. The number of ether oxygens (including phenoxy) is 2. The number of benzene rings is 1. The zero-order valence-electron chi connectivity index (χ0n) is 13.6. The van der Waals surface area contributed by atoms with Gasteiger partial charge in [0.05, 0.1) is 18.1 Å². The van der Waals surface area contributed by atoms with Crippen LogP contribution in [0.1, 0.15) is 25.8 Å². The number of carbonyl (C=O) groups is 3. The van der Waals surface area contributed by atoms with E-state index < -0.39 is 17.1 Å². The summed E-state index contributed by atoms with van der Waals surface area (Å²) in [5, 5.41) is -0.470. The number of rotatable bonds is 7. The van der Waals surface area contributed by atoms with Gasteiger partial charge in [0, 0.05) is 0 Å². The molecule has 6 nitrogen and oxygen atoms in total. The van der Waals surface area contributed by atoms with Gasteiger partial charge >= 0.3 is 5.97 Å². The maximum atomic E-state index is 12.3. The smallest absolute Gasteiger partial charge is 0.326 e. The molecule has 0 aliphatic carbocycles. The largest absolute Gasteiger partial charge is 0.494 e. The second-order valence-electron chi connectivity index (χ2n) is 4.99. The highest BCUT2D eigenvalue weighted by molar-refractivity contribution is 8.18. The predicted molar refractivity (Wildman–Crippen MR) is 91.5 cm³/mol. The van der Waals surface area contributed by atoms with Crippen LogP contribution in [0.4, 0.5) is 4.79 Å². The summed E-state index contributed by atoms with van der Waals surface area (Å²) < 4.78 is 10.3. The Morgan fingerprint density at radius 3 is 2.54 bits per heavy atom. The molecule has 128 valence electrons. The van der Waals surface area contributed by atoms with Crippen LogP contribution in [-0.4, -0.2) is 41.8 Å². The lowest BCUT2D eigenvalue weighted by atomic mass is 10.2. The summed E-state index contributed by atoms with van der Waals surface area (Å²) in [6.45, 7) is 4.18. The minimum absolute atomic E-state index is 0.206. The summed E-state index contributed by atoms with van der Waals surface area (Å²) >= 11 is 0.814. The van der Waals surface area contributed by atoms with E-state index in [9.17, 15) is 14.4 Å². The molecule has 1 aliphatic heterocycles. The molecule has 1 aliphatic rings. The summed E-state index contributed by atoms with van der Waals surface area (Å²) in [5.74, 6) is -0.327. The molecule has 7 heteroatoms. The van der Waals surface area contributed by atoms with Gasteiger partial charge < -0.3 is 9.47 Å². The standard InChI is InChI=1S/C17H19NO5S/c1-3-9-23-13-7-5-12(6-8-13)10-14-16(20)18(17(21)24-14)11-15(19)22-4-2/h5-8,10H,3-4,9,11H2,1-2H3/b14-10-. The van der Waals surface area contributed by atoms with E-state index in [0.717, 1.165) is 34.4 Å². The first-order valence-electron chi connectivity index (χ1n) is 7.69. The van der Waals surface area contributed by atoms with Crippen molar-refractivity contribution in [3.8, 4) is 5.75 Å². The monoisotopic (exact) mass is 349 g/mol. The molecular weight excluding hydrogens is 330 g/mol. The van der Waals surface area contributed by atoms with Crippen molar-refractivity contribution < 1.29 is 23.9 Å². The number of hydrogen-bond acceptors (Lipinski definition) is 6. The number of imide groups is 1. The van der Waals surface area contributed by atoms with Crippen LogP contribution in [0.5, 0.6) is 5.75 Å². The minimum atomic E-state index is -0.599. The molecule has 1 fully saturated rings. The average Bonchev–Trinajstić information content (AvgIpc) is 2.82. The van der Waals surface area contributed by atoms with E-state index >= 15 is 0 Å². The normalized spacial score (nSPS) is 15.9. The van der Waals surface area contributed by atoms with E-state index in [-0.39, 0.29) is 18.1 Å². The number of carbonyl (C=O) groups excluding carboxylic acids is 3. The van der Waals surface area contributed by atoms with Crippen LogP contribution in [0, 0.1) is 0 Å². The minimum Gasteiger partial charge on any atom is -0.494 e. The molecule has 2 rings (SSSR count). The van der Waals surface area contributed by atoms with E-state index in [1.807, 2.05) is 31.2 Å². The van der Waals surface area contributed by atoms with Gasteiger partial charge in [-0.25, -0.2) is 0 Å². The van der Waals surface area contributed by atoms with Gasteiger partial charge in [-0.15, -0.1) is 0 Å². The van der Waals surface area contributed by atoms with Gasteiger partial charge in [0.1, 0.15) is 12.3 Å². The van der Waals surface area contributed by atoms with Crippen molar-refractivity contribution >= 4 is 35.0 Å². The molecule has 0 spiro atoms. The van der Waals surface area contributed by atoms with E-state index in [4.69, 9.17) is 9.47 Å². The summed E-state index contributed by atoms with van der Waals surface area (Å²) in [4.78, 5) is 36.8. The fraction of sp³-hybridized carbons (Fsp3) is 0.353. The number of amides is 2. The first-order chi connectivity index (χ1) is 11.5. The van der Waals surface area contributed by atoms with Gasteiger partial charge in [0.15, 0.2) is 0 Å². The van der Waals surface area contributed by atoms with Crippen molar-refractivity contribution in [2.45, 2.75) is 20.3 Å². The molecule has 0 unspecified atom stereocenters. The zero-order chi connectivity index (χ0) is 17.5. The van der Waals surface area contributed by atoms with Crippen LogP contribution < -0.4 is 4.74 Å². The Hall–Kier alpha value is -2.28. The van der Waals surface area contributed by atoms with Crippen LogP contribution in [0.3, 0.4) is 0 Å². The molecule has 2 amide bonds. The van der Waals surface area contributed by atoms with Gasteiger partial charge in [-0.2, -0.15) is 0 Å². The summed E-state index contributed by atoms with van der Waals surface area (Å²) in [6, 6.07) is 7.24. The Morgan fingerprint density at radius 2 is 1.92 bits per heavy atom. The molecule has 0 bridgehead atoms. The Morgan fingerprint density at radius 1 is 1.21 bits per heavy atom. The molecule has 0 aromatic heterocycles. The number of thioether (sulfide) groups is 1. The molecule has 0 radical (unpaired) electrons. The maximum absolute atomic E-state index is 12.3. The Labute approximate surface area is 144 Å². The highest BCUT2D eigenvalue weighted by Gasteiger charge is 2.36. The van der Waals surface area contributed by atoms with Crippen molar-refractivity contribution in [2.24, 2.45) is 0 Å². The quantitative estimate of drug-likeness (QED) is 0.556. The van der Waals surface area contributed by atoms with E-state index in [1.165, 1.54) is 0 Å². The number of hydrogen-bond donors (Lipinski definition) is 0. The van der Waals surface area contributed by atoms with Gasteiger partial charge in [-0.3, -0.25) is 19.3 Å². The second kappa shape index (κ2) is 8.54. The lowest BCUT2D eigenvalue weighted by molar-refractivity contribution is -0.145. The number of nitrogens with zero attached hydrogens (tertiary/aromatic N) is 1. The molecular formula is C17H19NO5S. The van der Waals surface area contributed by atoms with Crippen LogP contribution in [0.25, 0.3) is 6.08 Å². The van der Waals surface area contributed by atoms with Gasteiger partial charge in [0.25, 0.3) is 11.1 Å². The molecule has 1 aromatic rings. The third-order valence-corrected chi connectivity index (χ3v) is 4.02. The van der Waals surface area contributed by atoms with Crippen LogP contribution in [0.15, 0.2) is 29.2 Å². The topological polar surface area (TPSA) is 72.9 Å². The Balaban J connectivity index is 2.06. The molecule has 1 saturated heterocycles. The Bertz CT molecular complexity index is 653. The van der Waals surface area contributed by atoms with Crippen molar-refractivity contribution in [3.63, 3.8) is 0 Å². The van der Waals surface area contributed by atoms with E-state index in [2.05, 4.69) is 0 Å². The summed E-state index contributed by atoms with van der Waals surface area (Å²) in [6.07, 6.45) is 2.55. The maximum Gasteiger partial charge on any atom is 0.326 e. The van der Waals surface area contributed by atoms with E-state index in [1.54, 1.807) is 13.0 Å². The molecule has 1 aromatic carbocycles. The molecule has 24 heavy (non-hydrogen) atoms. The van der Waals surface area contributed by atoms with Crippen molar-refractivity contribution in [1.82, 2.24) is 4.90 Å². The zero-order valence-corrected chi connectivity index (χ0v) is 14.4. The molecule has 1 heterocycles. The van der Waals surface area contributed by atoms with Crippen molar-refractivity contribution in [1.29, 1.82) is 0 Å². The fourth-order valence-electron chi connectivity index (χ4n) is 2.00. The van der Waals surface area contributed by atoms with E-state index in [0.29, 0.717) is 6.61 Å². The molecule has 0 atom stereocenters. The van der Waals surface area contributed by atoms with Crippen molar-refractivity contribution in [2.75, 3.05) is 19.8 Å². The second-order valence-corrected chi connectivity index (χ2v) is 5.98. The summed E-state index contributed by atoms with van der Waals surface area (Å²) in [7, 11) is 0. The fourth-order valence-corrected chi connectivity index (χ4v) is 2.84. The molecule has 0 N–H and O–H groups in total. The van der Waals surface area contributed by atoms with Gasteiger partial charge in [-0.1, -0.05) is 19.1 Å². The van der Waals surface area contributed by atoms with Gasteiger partial charge in [0.2, 0.25) is 0 Å². The van der Waals surface area contributed by atoms with Gasteiger partial charge in [-0.05, 0) is 48.9 Å². The molecule has 0 saturated carbocycles. The lowest BCUT2D eigenvalue weighted by Gasteiger charge is -2.10.